The molecule has 0 fully saturated rings. The summed E-state index contributed by atoms with van der Waals surface area (Å²) in [5.74, 6) is -0.353. The molecule has 0 aliphatic rings. The third-order valence-corrected chi connectivity index (χ3v) is 2.55. The Labute approximate surface area is 112 Å². The van der Waals surface area contributed by atoms with Gasteiger partial charge in [0.25, 0.3) is 0 Å². The van der Waals surface area contributed by atoms with E-state index in [4.69, 9.17) is 9.94 Å². The maximum absolute atomic E-state index is 11.7. The second-order valence-electron chi connectivity index (χ2n) is 4.30. The average Bonchev–Trinajstić information content (AvgIpc) is 2.38. The standard InChI is InChI=1S/C13H19N3O3/c1-4-19-13(17)11-5-6-12(9-14-18)16(10-11)8-7-15(2)3/h5-6,9-10H,4,7-8H2,1-3H3/p+1. The van der Waals surface area contributed by atoms with Crippen LogP contribution >= 0.6 is 0 Å². The summed E-state index contributed by atoms with van der Waals surface area (Å²) in [5.41, 5.74) is 1.20. The molecule has 0 amide bonds. The molecule has 1 heterocycles. The number of aromatic nitrogens is 1. The minimum Gasteiger partial charge on any atom is -0.462 e. The molecule has 1 N–H and O–H groups in total. The van der Waals surface area contributed by atoms with E-state index in [1.807, 2.05) is 23.6 Å². The zero-order valence-corrected chi connectivity index (χ0v) is 11.5. The van der Waals surface area contributed by atoms with Crippen LogP contribution in [0.3, 0.4) is 0 Å². The van der Waals surface area contributed by atoms with Crippen LogP contribution in [0.4, 0.5) is 0 Å². The molecule has 0 unspecified atom stereocenters. The zero-order valence-electron chi connectivity index (χ0n) is 11.5. The summed E-state index contributed by atoms with van der Waals surface area (Å²) >= 11 is 0. The van der Waals surface area contributed by atoms with Gasteiger partial charge in [-0.05, 0) is 27.1 Å². The fourth-order valence-electron chi connectivity index (χ4n) is 1.57. The molecule has 0 spiro atoms. The Kier molecular flexibility index (Phi) is 5.95. The summed E-state index contributed by atoms with van der Waals surface area (Å²) < 4.78 is 6.82. The highest BCUT2D eigenvalue weighted by molar-refractivity contribution is 5.89. The van der Waals surface area contributed by atoms with Crippen molar-refractivity contribution in [2.75, 3.05) is 27.2 Å². The van der Waals surface area contributed by atoms with Crippen molar-refractivity contribution < 1.29 is 19.3 Å². The second kappa shape index (κ2) is 7.48. The first-order chi connectivity index (χ1) is 9.08. The van der Waals surface area contributed by atoms with E-state index in [9.17, 15) is 4.79 Å². The fourth-order valence-corrected chi connectivity index (χ4v) is 1.57. The molecule has 104 valence electrons. The largest absolute Gasteiger partial charge is 0.462 e. The van der Waals surface area contributed by atoms with Gasteiger partial charge in [0.15, 0.2) is 12.7 Å². The van der Waals surface area contributed by atoms with E-state index >= 15 is 0 Å². The van der Waals surface area contributed by atoms with Gasteiger partial charge in [0.05, 0.1) is 13.2 Å². The number of carbonyl (C=O) groups is 1. The van der Waals surface area contributed by atoms with Crippen LogP contribution < -0.4 is 4.57 Å². The quantitative estimate of drug-likeness (QED) is 0.268. The molecule has 0 aliphatic heterocycles. The lowest BCUT2D eigenvalue weighted by Crippen LogP contribution is -2.43. The molecule has 0 aromatic carbocycles. The number of hydrogen-bond donors (Lipinski definition) is 1. The van der Waals surface area contributed by atoms with Crippen LogP contribution in [0.2, 0.25) is 0 Å². The Morgan fingerprint density at radius 2 is 2.26 bits per heavy atom. The highest BCUT2D eigenvalue weighted by Gasteiger charge is 2.16. The number of nitrogens with zero attached hydrogens (tertiary/aromatic N) is 3. The van der Waals surface area contributed by atoms with Crippen LogP contribution in [0.5, 0.6) is 0 Å². The molecule has 0 atom stereocenters. The van der Waals surface area contributed by atoms with Crippen molar-refractivity contribution in [3.8, 4) is 0 Å². The Hall–Kier alpha value is -1.95. The molecular formula is C13H20N3O3+. The predicted molar refractivity (Wildman–Crippen MR) is 70.5 cm³/mol. The lowest BCUT2D eigenvalue weighted by atomic mass is 10.2. The van der Waals surface area contributed by atoms with Crippen LogP contribution in [-0.2, 0) is 11.3 Å². The summed E-state index contributed by atoms with van der Waals surface area (Å²) in [4.78, 5) is 13.7. The van der Waals surface area contributed by atoms with Gasteiger partial charge in [-0.1, -0.05) is 5.16 Å². The first kappa shape index (κ1) is 15.1. The summed E-state index contributed by atoms with van der Waals surface area (Å²) in [6, 6.07) is 3.38. The lowest BCUT2D eigenvalue weighted by Gasteiger charge is -2.08. The minimum atomic E-state index is -0.353. The van der Waals surface area contributed by atoms with E-state index in [1.165, 1.54) is 6.21 Å². The van der Waals surface area contributed by atoms with Gasteiger partial charge in [-0.25, -0.2) is 4.79 Å². The van der Waals surface area contributed by atoms with Crippen LogP contribution in [0.1, 0.15) is 23.0 Å². The average molecular weight is 266 g/mol. The van der Waals surface area contributed by atoms with Gasteiger partial charge in [0.2, 0.25) is 5.69 Å². The highest BCUT2D eigenvalue weighted by atomic mass is 16.5. The van der Waals surface area contributed by atoms with Crippen molar-refractivity contribution >= 4 is 12.2 Å². The third-order valence-electron chi connectivity index (χ3n) is 2.55. The SMILES string of the molecule is CCOC(=O)c1ccc(/C=N\O)[n+](CCN(C)C)c1. The van der Waals surface area contributed by atoms with E-state index in [-0.39, 0.29) is 5.97 Å². The van der Waals surface area contributed by atoms with Crippen molar-refractivity contribution in [1.82, 2.24) is 4.90 Å². The zero-order chi connectivity index (χ0) is 14.3. The van der Waals surface area contributed by atoms with Crippen LogP contribution in [0.25, 0.3) is 0 Å². The fraction of sp³-hybridized carbons (Fsp3) is 0.462. The van der Waals surface area contributed by atoms with Crippen molar-refractivity contribution in [2.45, 2.75) is 13.5 Å². The summed E-state index contributed by atoms with van der Waals surface area (Å²) in [7, 11) is 3.94. The van der Waals surface area contributed by atoms with Crippen molar-refractivity contribution in [2.24, 2.45) is 5.16 Å². The van der Waals surface area contributed by atoms with Crippen LogP contribution in [0.15, 0.2) is 23.5 Å². The number of ether oxygens (including phenoxy) is 1. The monoisotopic (exact) mass is 266 g/mol. The molecule has 1 aromatic rings. The van der Waals surface area contributed by atoms with Crippen molar-refractivity contribution in [3.05, 3.63) is 29.6 Å². The maximum Gasteiger partial charge on any atom is 0.344 e. The second-order valence-corrected chi connectivity index (χ2v) is 4.30. The Morgan fingerprint density at radius 1 is 1.53 bits per heavy atom. The Bertz CT molecular complexity index is 458. The third kappa shape index (κ3) is 4.67. The van der Waals surface area contributed by atoms with Gasteiger partial charge >= 0.3 is 5.97 Å². The van der Waals surface area contributed by atoms with Crippen LogP contribution in [0, 0.1) is 0 Å². The summed E-state index contributed by atoms with van der Waals surface area (Å²) in [6.45, 7) is 3.60. The van der Waals surface area contributed by atoms with Crippen molar-refractivity contribution in [1.29, 1.82) is 0 Å². The molecule has 1 rings (SSSR count). The van der Waals surface area contributed by atoms with E-state index in [2.05, 4.69) is 5.16 Å². The summed E-state index contributed by atoms with van der Waals surface area (Å²) in [6.07, 6.45) is 3.04. The number of oxime groups is 1. The number of carbonyl (C=O) groups excluding carboxylic acids is 1. The Balaban J connectivity index is 2.99. The van der Waals surface area contributed by atoms with Gasteiger partial charge < -0.3 is 14.8 Å². The topological polar surface area (TPSA) is 66.0 Å². The van der Waals surface area contributed by atoms with Crippen molar-refractivity contribution in [3.63, 3.8) is 0 Å². The van der Waals surface area contributed by atoms with E-state index in [0.717, 1.165) is 12.2 Å². The number of rotatable bonds is 6. The van der Waals surface area contributed by atoms with Gasteiger partial charge in [-0.3, -0.25) is 0 Å². The number of pyridine rings is 1. The van der Waals surface area contributed by atoms with Gasteiger partial charge in [-0.15, -0.1) is 0 Å². The molecule has 6 heteroatoms. The molecule has 0 saturated heterocycles. The molecule has 0 saturated carbocycles. The number of hydrogen-bond acceptors (Lipinski definition) is 5. The van der Waals surface area contributed by atoms with Gasteiger partial charge in [0, 0.05) is 6.07 Å². The molecular weight excluding hydrogens is 246 g/mol. The number of likely N-dealkylation sites (N-methyl/N-ethyl adjacent to an activating group) is 1. The van der Waals surface area contributed by atoms with Gasteiger partial charge in [0.1, 0.15) is 11.8 Å². The van der Waals surface area contributed by atoms with E-state index in [1.54, 1.807) is 25.3 Å². The minimum absolute atomic E-state index is 0.344. The first-order valence-corrected chi connectivity index (χ1v) is 6.11. The Morgan fingerprint density at radius 3 is 2.84 bits per heavy atom. The first-order valence-electron chi connectivity index (χ1n) is 6.11. The summed E-state index contributed by atoms with van der Waals surface area (Å²) in [5, 5.41) is 11.7. The van der Waals surface area contributed by atoms with Gasteiger partial charge in [-0.2, -0.15) is 4.57 Å². The molecule has 0 bridgehead atoms. The molecule has 0 radical (unpaired) electrons. The molecule has 0 aliphatic carbocycles. The predicted octanol–water partition coefficient (Wildman–Crippen LogP) is 0.520. The number of esters is 1. The molecule has 19 heavy (non-hydrogen) atoms. The maximum atomic E-state index is 11.7. The normalized spacial score (nSPS) is 11.2. The van der Waals surface area contributed by atoms with Crippen LogP contribution in [-0.4, -0.2) is 49.5 Å². The van der Waals surface area contributed by atoms with E-state index < -0.39 is 0 Å². The smallest absolute Gasteiger partial charge is 0.344 e. The molecule has 6 nitrogen and oxygen atoms in total. The highest BCUT2D eigenvalue weighted by Crippen LogP contribution is 2.00. The molecule has 1 aromatic heterocycles. The lowest BCUT2D eigenvalue weighted by molar-refractivity contribution is -0.697. The van der Waals surface area contributed by atoms with E-state index in [0.29, 0.717) is 18.7 Å².